The van der Waals surface area contributed by atoms with E-state index in [9.17, 15) is 15.0 Å². The van der Waals surface area contributed by atoms with Crippen molar-refractivity contribution >= 4 is 5.91 Å². The Balaban J connectivity index is 1.61. The zero-order valence-corrected chi connectivity index (χ0v) is 15.1. The normalized spacial score (nSPS) is 28.6. The number of piperazine rings is 1. The smallest absolute Gasteiger partial charge is 0.272 e. The fourth-order valence-corrected chi connectivity index (χ4v) is 3.47. The third-order valence-electron chi connectivity index (χ3n) is 5.15. The molecular formula is C17H28N4O4. The minimum atomic E-state index is -0.845. The van der Waals surface area contributed by atoms with Crippen LogP contribution in [-0.4, -0.2) is 93.3 Å². The summed E-state index contributed by atoms with van der Waals surface area (Å²) in [4.78, 5) is 16.7. The van der Waals surface area contributed by atoms with E-state index in [-0.39, 0.29) is 24.5 Å². The minimum absolute atomic E-state index is 0.0120. The van der Waals surface area contributed by atoms with Gasteiger partial charge in [0.25, 0.3) is 5.91 Å². The number of aliphatic hydroxyl groups excluding tert-OH is 2. The van der Waals surface area contributed by atoms with E-state index in [2.05, 4.69) is 23.8 Å². The summed E-state index contributed by atoms with van der Waals surface area (Å²) in [6, 6.07) is 1.65. The van der Waals surface area contributed by atoms with E-state index in [1.807, 2.05) is 11.0 Å². The van der Waals surface area contributed by atoms with Gasteiger partial charge in [0, 0.05) is 33.2 Å². The number of hydrogen-bond donors (Lipinski definition) is 2. The number of carbonyl (C=O) groups is 1. The van der Waals surface area contributed by atoms with Gasteiger partial charge in [-0.3, -0.25) is 14.4 Å². The van der Waals surface area contributed by atoms with Gasteiger partial charge >= 0.3 is 0 Å². The lowest BCUT2D eigenvalue weighted by Crippen LogP contribution is -2.60. The number of amides is 1. The van der Waals surface area contributed by atoms with E-state index >= 15 is 0 Å². The van der Waals surface area contributed by atoms with E-state index in [1.54, 1.807) is 11.7 Å². The van der Waals surface area contributed by atoms with Crippen molar-refractivity contribution < 1.29 is 19.7 Å². The van der Waals surface area contributed by atoms with Gasteiger partial charge < -0.3 is 19.8 Å². The Kier molecular flexibility index (Phi) is 5.43. The molecule has 1 aromatic rings. The van der Waals surface area contributed by atoms with Crippen LogP contribution in [0.1, 0.15) is 35.9 Å². The molecule has 2 N–H and O–H groups in total. The summed E-state index contributed by atoms with van der Waals surface area (Å²) in [5.41, 5.74) is 1.52. The average Bonchev–Trinajstić information content (AvgIpc) is 2.99. The van der Waals surface area contributed by atoms with Crippen LogP contribution in [-0.2, 0) is 11.8 Å². The Bertz CT molecular complexity index is 610. The molecule has 0 radical (unpaired) electrons. The molecule has 3 heterocycles. The number of aliphatic hydroxyl groups is 2. The average molecular weight is 352 g/mol. The highest BCUT2D eigenvalue weighted by atomic mass is 16.5. The molecule has 0 unspecified atom stereocenters. The third-order valence-corrected chi connectivity index (χ3v) is 5.15. The number of hydrogen-bond acceptors (Lipinski definition) is 6. The van der Waals surface area contributed by atoms with Crippen LogP contribution in [0.25, 0.3) is 0 Å². The van der Waals surface area contributed by atoms with Gasteiger partial charge in [-0.25, -0.2) is 0 Å². The highest BCUT2D eigenvalue weighted by Gasteiger charge is 2.37. The lowest BCUT2D eigenvalue weighted by molar-refractivity contribution is -0.136. The largest absolute Gasteiger partial charge is 0.389 e. The Morgan fingerprint density at radius 3 is 2.52 bits per heavy atom. The molecule has 2 fully saturated rings. The zero-order valence-electron chi connectivity index (χ0n) is 15.1. The third kappa shape index (κ3) is 3.72. The molecule has 1 aromatic heterocycles. The van der Waals surface area contributed by atoms with Gasteiger partial charge in [-0.2, -0.15) is 5.10 Å². The Hall–Kier alpha value is -1.48. The van der Waals surface area contributed by atoms with Gasteiger partial charge in [0.15, 0.2) is 0 Å². The summed E-state index contributed by atoms with van der Waals surface area (Å²) in [7, 11) is 1.80. The topological polar surface area (TPSA) is 91.1 Å². The van der Waals surface area contributed by atoms with Gasteiger partial charge in [0.05, 0.1) is 31.1 Å². The van der Waals surface area contributed by atoms with E-state index in [1.165, 1.54) is 0 Å². The maximum atomic E-state index is 12.8. The van der Waals surface area contributed by atoms with Crippen LogP contribution < -0.4 is 0 Å². The van der Waals surface area contributed by atoms with Crippen LogP contribution in [0.3, 0.4) is 0 Å². The summed E-state index contributed by atoms with van der Waals surface area (Å²) < 4.78 is 7.01. The van der Waals surface area contributed by atoms with Crippen LogP contribution in [0.5, 0.6) is 0 Å². The first-order chi connectivity index (χ1) is 11.9. The number of carbonyl (C=O) groups excluding carboxylic acids is 1. The minimum Gasteiger partial charge on any atom is -0.389 e. The number of ether oxygens (including phenoxy) is 1. The molecule has 0 aromatic carbocycles. The first kappa shape index (κ1) is 18.3. The lowest BCUT2D eigenvalue weighted by Gasteiger charge is -2.43. The molecule has 0 spiro atoms. The molecule has 140 valence electrons. The fraction of sp³-hybridized carbons (Fsp3) is 0.765. The standard InChI is InChI=1S/C17H28N4O4/c1-11(2)12-8-13(19(3)18-12)17(24)21-6-4-20(5-7-21)14-9-25-10-15(22)16(14)23/h8,11,14-16,22-23H,4-7,9-10H2,1-3H3/t14-,15-,16+/m1/s1. The number of nitrogens with zero attached hydrogens (tertiary/aromatic N) is 4. The van der Waals surface area contributed by atoms with Crippen molar-refractivity contribution in [1.29, 1.82) is 0 Å². The van der Waals surface area contributed by atoms with E-state index in [0.717, 1.165) is 5.69 Å². The molecule has 1 amide bonds. The van der Waals surface area contributed by atoms with E-state index < -0.39 is 12.2 Å². The summed E-state index contributed by atoms with van der Waals surface area (Å²) >= 11 is 0. The van der Waals surface area contributed by atoms with Gasteiger partial charge in [-0.15, -0.1) is 0 Å². The quantitative estimate of drug-likeness (QED) is 0.757. The molecular weight excluding hydrogens is 324 g/mol. The number of rotatable bonds is 3. The summed E-state index contributed by atoms with van der Waals surface area (Å²) in [5, 5.41) is 24.4. The monoisotopic (exact) mass is 352 g/mol. The second-order valence-corrected chi connectivity index (χ2v) is 7.22. The van der Waals surface area contributed by atoms with Crippen molar-refractivity contribution in [2.24, 2.45) is 7.05 Å². The second-order valence-electron chi connectivity index (χ2n) is 7.22. The van der Waals surface area contributed by atoms with Crippen LogP contribution in [0.15, 0.2) is 6.07 Å². The highest BCUT2D eigenvalue weighted by molar-refractivity contribution is 5.92. The molecule has 3 rings (SSSR count). The van der Waals surface area contributed by atoms with Crippen molar-refractivity contribution in [3.05, 3.63) is 17.5 Å². The number of aryl methyl sites for hydroxylation is 1. The first-order valence-corrected chi connectivity index (χ1v) is 8.89. The van der Waals surface area contributed by atoms with Crippen molar-refractivity contribution in [3.63, 3.8) is 0 Å². The van der Waals surface area contributed by atoms with Crippen molar-refractivity contribution in [2.45, 2.75) is 38.0 Å². The SMILES string of the molecule is CC(C)c1cc(C(=O)N2CCN([C@@H]3COC[C@@H](O)[C@H]3O)CC2)n(C)n1. The molecule has 0 aliphatic carbocycles. The van der Waals surface area contributed by atoms with Crippen molar-refractivity contribution in [3.8, 4) is 0 Å². The molecule has 8 heteroatoms. The Labute approximate surface area is 148 Å². The number of aromatic nitrogens is 2. The molecule has 3 atom stereocenters. The molecule has 8 nitrogen and oxygen atoms in total. The van der Waals surface area contributed by atoms with Crippen LogP contribution in [0.2, 0.25) is 0 Å². The first-order valence-electron chi connectivity index (χ1n) is 8.89. The fourth-order valence-electron chi connectivity index (χ4n) is 3.47. The van der Waals surface area contributed by atoms with Crippen LogP contribution >= 0.6 is 0 Å². The lowest BCUT2D eigenvalue weighted by atomic mass is 10.0. The van der Waals surface area contributed by atoms with Crippen molar-refractivity contribution in [1.82, 2.24) is 19.6 Å². The molecule has 2 saturated heterocycles. The van der Waals surface area contributed by atoms with Gasteiger partial charge in [0.2, 0.25) is 0 Å². The van der Waals surface area contributed by atoms with E-state index in [4.69, 9.17) is 4.74 Å². The Morgan fingerprint density at radius 2 is 1.92 bits per heavy atom. The van der Waals surface area contributed by atoms with Gasteiger partial charge in [0.1, 0.15) is 11.8 Å². The highest BCUT2D eigenvalue weighted by Crippen LogP contribution is 2.19. The summed E-state index contributed by atoms with van der Waals surface area (Å²) in [6.07, 6.45) is -1.65. The van der Waals surface area contributed by atoms with Crippen LogP contribution in [0, 0.1) is 0 Å². The molecule has 2 aliphatic rings. The Morgan fingerprint density at radius 1 is 1.24 bits per heavy atom. The van der Waals surface area contributed by atoms with E-state index in [0.29, 0.717) is 38.5 Å². The maximum absolute atomic E-state index is 12.8. The molecule has 0 saturated carbocycles. The summed E-state index contributed by atoms with van der Waals surface area (Å²) in [5.74, 6) is 0.269. The predicted molar refractivity (Wildman–Crippen MR) is 91.4 cm³/mol. The van der Waals surface area contributed by atoms with Crippen LogP contribution in [0.4, 0.5) is 0 Å². The van der Waals surface area contributed by atoms with Gasteiger partial charge in [-0.05, 0) is 12.0 Å². The van der Waals surface area contributed by atoms with Crippen molar-refractivity contribution in [2.75, 3.05) is 39.4 Å². The molecule has 2 aliphatic heterocycles. The summed E-state index contributed by atoms with van der Waals surface area (Å²) in [6.45, 7) is 7.17. The second kappa shape index (κ2) is 7.41. The molecule has 0 bridgehead atoms. The zero-order chi connectivity index (χ0) is 18.1. The maximum Gasteiger partial charge on any atom is 0.272 e. The van der Waals surface area contributed by atoms with Gasteiger partial charge in [-0.1, -0.05) is 13.8 Å². The predicted octanol–water partition coefficient (Wildman–Crippen LogP) is -0.578. The molecule has 25 heavy (non-hydrogen) atoms.